The highest BCUT2D eigenvalue weighted by Gasteiger charge is 2.24. The first-order chi connectivity index (χ1) is 10.1. The van der Waals surface area contributed by atoms with Crippen molar-refractivity contribution in [2.24, 2.45) is 0 Å². The maximum atomic E-state index is 12.1. The van der Waals surface area contributed by atoms with E-state index in [1.54, 1.807) is 17.6 Å². The van der Waals surface area contributed by atoms with E-state index in [1.165, 1.54) is 0 Å². The number of carbonyl (C=O) groups is 1. The number of unbranched alkanes of at least 4 members (excludes halogenated alkanes) is 2. The van der Waals surface area contributed by atoms with Crippen molar-refractivity contribution < 1.29 is 9.53 Å². The lowest BCUT2D eigenvalue weighted by molar-refractivity contribution is -0.122. The second kappa shape index (κ2) is 5.27. The first-order valence-electron chi connectivity index (χ1n) is 7.34. The molecule has 0 saturated heterocycles. The number of imidazole rings is 1. The molecule has 112 valence electrons. The average molecular weight is 289 g/mol. The number of nitrogens with zero attached hydrogens (tertiary/aromatic N) is 1. The third-order valence-electron chi connectivity index (χ3n) is 3.79. The Morgan fingerprint density at radius 2 is 2.10 bits per heavy atom. The van der Waals surface area contributed by atoms with Crippen molar-refractivity contribution >= 4 is 22.6 Å². The second-order valence-electron chi connectivity index (χ2n) is 5.40. The zero-order valence-electron chi connectivity index (χ0n) is 12.2. The Morgan fingerprint density at radius 3 is 2.86 bits per heavy atom. The van der Waals surface area contributed by atoms with Crippen molar-refractivity contribution in [3.63, 3.8) is 0 Å². The third kappa shape index (κ3) is 2.41. The summed E-state index contributed by atoms with van der Waals surface area (Å²) in [6.07, 6.45) is 2.65. The maximum Gasteiger partial charge on any atom is 0.326 e. The molecule has 1 aliphatic rings. The summed E-state index contributed by atoms with van der Waals surface area (Å²) in [4.78, 5) is 26.5. The van der Waals surface area contributed by atoms with Gasteiger partial charge < -0.3 is 15.0 Å². The van der Waals surface area contributed by atoms with Gasteiger partial charge in [0.15, 0.2) is 6.10 Å². The van der Waals surface area contributed by atoms with Gasteiger partial charge in [0, 0.05) is 12.6 Å². The van der Waals surface area contributed by atoms with Crippen molar-refractivity contribution in [3.05, 3.63) is 22.6 Å². The minimum Gasteiger partial charge on any atom is -0.479 e. The zero-order valence-corrected chi connectivity index (χ0v) is 12.2. The van der Waals surface area contributed by atoms with Crippen LogP contribution in [0, 0.1) is 0 Å². The Balaban J connectivity index is 2.03. The fourth-order valence-corrected chi connectivity index (χ4v) is 2.60. The minimum atomic E-state index is -0.519. The van der Waals surface area contributed by atoms with Crippen molar-refractivity contribution in [1.29, 1.82) is 0 Å². The van der Waals surface area contributed by atoms with E-state index < -0.39 is 6.10 Å². The zero-order chi connectivity index (χ0) is 15.0. The Hall–Kier alpha value is -2.24. The highest BCUT2D eigenvalue weighted by Crippen LogP contribution is 2.33. The monoisotopic (exact) mass is 289 g/mol. The molecule has 0 fully saturated rings. The van der Waals surface area contributed by atoms with Crippen LogP contribution in [0.5, 0.6) is 5.75 Å². The molecule has 2 N–H and O–H groups in total. The fraction of sp³-hybridized carbons (Fsp3) is 0.467. The van der Waals surface area contributed by atoms with E-state index >= 15 is 0 Å². The predicted octanol–water partition coefficient (Wildman–Crippen LogP) is 2.24. The van der Waals surface area contributed by atoms with Crippen LogP contribution in [0.15, 0.2) is 16.9 Å². The lowest BCUT2D eigenvalue weighted by Gasteiger charge is -2.23. The SMILES string of the molecule is CCCCCn1c(=O)[nH]c2cc3c(cc21)OC(C)C(=O)N3. The first kappa shape index (κ1) is 13.7. The lowest BCUT2D eigenvalue weighted by Crippen LogP contribution is -2.34. The molecule has 2 heterocycles. The summed E-state index contributed by atoms with van der Waals surface area (Å²) in [6, 6.07) is 3.58. The molecule has 1 amide bonds. The first-order valence-corrected chi connectivity index (χ1v) is 7.34. The fourth-order valence-electron chi connectivity index (χ4n) is 2.60. The molecule has 1 aromatic heterocycles. The van der Waals surface area contributed by atoms with Crippen LogP contribution in [-0.2, 0) is 11.3 Å². The van der Waals surface area contributed by atoms with Gasteiger partial charge in [0.25, 0.3) is 5.91 Å². The number of ether oxygens (including phenoxy) is 1. The molecule has 1 unspecified atom stereocenters. The molecule has 2 aromatic rings. The highest BCUT2D eigenvalue weighted by molar-refractivity contribution is 5.99. The number of amides is 1. The van der Waals surface area contributed by atoms with E-state index in [4.69, 9.17) is 4.74 Å². The van der Waals surface area contributed by atoms with E-state index in [1.807, 2.05) is 6.07 Å². The van der Waals surface area contributed by atoms with Crippen LogP contribution in [0.1, 0.15) is 33.1 Å². The quantitative estimate of drug-likeness (QED) is 0.847. The van der Waals surface area contributed by atoms with Gasteiger partial charge in [-0.1, -0.05) is 19.8 Å². The number of hydrogen-bond donors (Lipinski definition) is 2. The predicted molar refractivity (Wildman–Crippen MR) is 80.8 cm³/mol. The molecule has 1 atom stereocenters. The topological polar surface area (TPSA) is 76.1 Å². The Bertz CT molecular complexity index is 744. The summed E-state index contributed by atoms with van der Waals surface area (Å²) in [6.45, 7) is 4.52. The number of hydrogen-bond acceptors (Lipinski definition) is 3. The summed E-state index contributed by atoms with van der Waals surface area (Å²) in [5, 5.41) is 2.79. The average Bonchev–Trinajstić information content (AvgIpc) is 2.74. The number of benzene rings is 1. The van der Waals surface area contributed by atoms with Crippen LogP contribution in [0.4, 0.5) is 5.69 Å². The summed E-state index contributed by atoms with van der Waals surface area (Å²) in [5.41, 5.74) is 2.02. The molecule has 6 heteroatoms. The van der Waals surface area contributed by atoms with Crippen molar-refractivity contribution in [2.45, 2.75) is 45.8 Å². The van der Waals surface area contributed by atoms with Crippen molar-refractivity contribution in [2.75, 3.05) is 5.32 Å². The van der Waals surface area contributed by atoms with Gasteiger partial charge in [-0.15, -0.1) is 0 Å². The maximum absolute atomic E-state index is 12.1. The Kier molecular flexibility index (Phi) is 3.45. The molecular weight excluding hydrogens is 270 g/mol. The summed E-state index contributed by atoms with van der Waals surface area (Å²) in [5.74, 6) is 0.435. The number of H-pyrrole nitrogens is 1. The standard InChI is InChI=1S/C15H19N3O3/c1-3-4-5-6-18-12-8-13-11(7-10(12)17-15(18)20)16-14(19)9(2)21-13/h7-9H,3-6H2,1-2H3,(H,16,19)(H,17,20). The molecule has 1 aliphatic heterocycles. The highest BCUT2D eigenvalue weighted by atomic mass is 16.5. The van der Waals surface area contributed by atoms with Crippen LogP contribution >= 0.6 is 0 Å². The Morgan fingerprint density at radius 1 is 1.29 bits per heavy atom. The van der Waals surface area contributed by atoms with Crippen LogP contribution < -0.4 is 15.7 Å². The number of aryl methyl sites for hydroxylation is 1. The molecule has 21 heavy (non-hydrogen) atoms. The molecule has 0 bridgehead atoms. The molecule has 0 aliphatic carbocycles. The van der Waals surface area contributed by atoms with Gasteiger partial charge in [-0.3, -0.25) is 9.36 Å². The van der Waals surface area contributed by atoms with E-state index in [9.17, 15) is 9.59 Å². The lowest BCUT2D eigenvalue weighted by atomic mass is 10.2. The largest absolute Gasteiger partial charge is 0.479 e. The van der Waals surface area contributed by atoms with Gasteiger partial charge in [0.05, 0.1) is 16.7 Å². The molecule has 0 spiro atoms. The molecule has 1 aromatic carbocycles. The van der Waals surface area contributed by atoms with E-state index in [0.717, 1.165) is 24.8 Å². The van der Waals surface area contributed by atoms with Crippen molar-refractivity contribution in [1.82, 2.24) is 9.55 Å². The van der Waals surface area contributed by atoms with Gasteiger partial charge >= 0.3 is 5.69 Å². The van der Waals surface area contributed by atoms with Crippen molar-refractivity contribution in [3.8, 4) is 5.75 Å². The normalized spacial score (nSPS) is 17.4. The van der Waals surface area contributed by atoms with Crippen LogP contribution in [0.3, 0.4) is 0 Å². The number of carbonyl (C=O) groups excluding carboxylic acids is 1. The second-order valence-corrected chi connectivity index (χ2v) is 5.40. The molecular formula is C15H19N3O3. The van der Waals surface area contributed by atoms with E-state index in [-0.39, 0.29) is 11.6 Å². The van der Waals surface area contributed by atoms with Crippen LogP contribution in [-0.4, -0.2) is 21.6 Å². The smallest absolute Gasteiger partial charge is 0.326 e. The molecule has 0 radical (unpaired) electrons. The summed E-state index contributed by atoms with van der Waals surface area (Å²) >= 11 is 0. The summed E-state index contributed by atoms with van der Waals surface area (Å²) in [7, 11) is 0. The van der Waals surface area contributed by atoms with Gasteiger partial charge in [-0.2, -0.15) is 0 Å². The van der Waals surface area contributed by atoms with E-state index in [2.05, 4.69) is 17.2 Å². The number of aromatic amines is 1. The van der Waals surface area contributed by atoms with Gasteiger partial charge in [0.2, 0.25) is 0 Å². The molecule has 6 nitrogen and oxygen atoms in total. The molecule has 0 saturated carbocycles. The number of aromatic nitrogens is 2. The van der Waals surface area contributed by atoms with Crippen LogP contribution in [0.2, 0.25) is 0 Å². The number of nitrogens with one attached hydrogen (secondary N) is 2. The number of fused-ring (bicyclic) bond motifs is 2. The number of anilines is 1. The third-order valence-corrected chi connectivity index (χ3v) is 3.79. The van der Waals surface area contributed by atoms with Crippen LogP contribution in [0.25, 0.3) is 11.0 Å². The summed E-state index contributed by atoms with van der Waals surface area (Å²) < 4.78 is 7.33. The molecule has 3 rings (SSSR count). The van der Waals surface area contributed by atoms with Gasteiger partial charge in [-0.05, 0) is 19.4 Å². The van der Waals surface area contributed by atoms with Gasteiger partial charge in [-0.25, -0.2) is 4.79 Å². The number of rotatable bonds is 4. The minimum absolute atomic E-state index is 0.122. The van der Waals surface area contributed by atoms with Gasteiger partial charge in [0.1, 0.15) is 5.75 Å². The Labute approximate surface area is 122 Å². The van der Waals surface area contributed by atoms with E-state index in [0.29, 0.717) is 23.5 Å².